The predicted molar refractivity (Wildman–Crippen MR) is 101 cm³/mol. The van der Waals surface area contributed by atoms with E-state index in [1.165, 1.54) is 22.3 Å². The quantitative estimate of drug-likeness (QED) is 0.765. The van der Waals surface area contributed by atoms with Crippen molar-refractivity contribution in [1.29, 1.82) is 0 Å². The summed E-state index contributed by atoms with van der Waals surface area (Å²) in [7, 11) is 0. The van der Waals surface area contributed by atoms with Gasteiger partial charge in [0, 0.05) is 18.2 Å². The average Bonchev–Trinajstić information content (AvgIpc) is 3.08. The Labute approximate surface area is 154 Å². The molecule has 26 heavy (non-hydrogen) atoms. The summed E-state index contributed by atoms with van der Waals surface area (Å²) in [6.45, 7) is 4.51. The van der Waals surface area contributed by atoms with Crippen LogP contribution in [-0.4, -0.2) is 21.4 Å². The van der Waals surface area contributed by atoms with Crippen LogP contribution < -0.4 is 10.1 Å². The first-order valence-corrected chi connectivity index (χ1v) is 9.15. The van der Waals surface area contributed by atoms with Gasteiger partial charge in [0.25, 0.3) is 0 Å². The first kappa shape index (κ1) is 16.8. The maximum atomic E-state index is 5.92. The highest BCUT2D eigenvalue weighted by Gasteiger charge is 2.19. The molecule has 5 heteroatoms. The van der Waals surface area contributed by atoms with E-state index < -0.39 is 0 Å². The predicted octanol–water partition coefficient (Wildman–Crippen LogP) is 3.64. The van der Waals surface area contributed by atoms with Crippen LogP contribution in [0, 0.1) is 6.92 Å². The van der Waals surface area contributed by atoms with E-state index in [1.54, 1.807) is 12.7 Å². The molecule has 0 fully saturated rings. The largest absolute Gasteiger partial charge is 0.493 e. The monoisotopic (exact) mass is 348 g/mol. The second kappa shape index (κ2) is 7.70. The van der Waals surface area contributed by atoms with Gasteiger partial charge in [0.2, 0.25) is 0 Å². The van der Waals surface area contributed by atoms with Gasteiger partial charge in [-0.3, -0.25) is 0 Å². The molecule has 2 heterocycles. The van der Waals surface area contributed by atoms with Crippen LogP contribution >= 0.6 is 0 Å². The molecular formula is C21H24N4O. The highest BCUT2D eigenvalue weighted by molar-refractivity contribution is 5.40. The molecular weight excluding hydrogens is 324 g/mol. The zero-order chi connectivity index (χ0) is 17.8. The van der Waals surface area contributed by atoms with Gasteiger partial charge in [-0.05, 0) is 42.5 Å². The van der Waals surface area contributed by atoms with E-state index in [0.717, 1.165) is 38.3 Å². The standard InChI is InChI=1S/C21H24N4O/c1-16-4-9-19-20(3-2-10-26-21(19)11-16)23-12-17-5-7-18(8-6-17)13-25-15-22-14-24-25/h4-9,11,14-15,20,23H,2-3,10,12-13H2,1H3. The van der Waals surface area contributed by atoms with Crippen molar-refractivity contribution in [3.63, 3.8) is 0 Å². The molecule has 0 aliphatic carbocycles. The topological polar surface area (TPSA) is 52.0 Å². The number of nitrogens with one attached hydrogen (secondary N) is 1. The lowest BCUT2D eigenvalue weighted by molar-refractivity contribution is 0.315. The maximum Gasteiger partial charge on any atom is 0.137 e. The number of benzene rings is 2. The lowest BCUT2D eigenvalue weighted by atomic mass is 10.00. The van der Waals surface area contributed by atoms with Crippen molar-refractivity contribution in [2.24, 2.45) is 0 Å². The minimum atomic E-state index is 0.336. The number of fused-ring (bicyclic) bond motifs is 1. The molecule has 1 aliphatic rings. The highest BCUT2D eigenvalue weighted by Crippen LogP contribution is 2.32. The Bertz CT molecular complexity index is 843. The van der Waals surface area contributed by atoms with Gasteiger partial charge in [0.15, 0.2) is 0 Å². The first-order chi connectivity index (χ1) is 12.8. The fourth-order valence-corrected chi connectivity index (χ4v) is 3.40. The Kier molecular flexibility index (Phi) is 4.97. The summed E-state index contributed by atoms with van der Waals surface area (Å²) in [4.78, 5) is 3.98. The molecule has 1 atom stereocenters. The summed E-state index contributed by atoms with van der Waals surface area (Å²) in [6.07, 6.45) is 5.47. The van der Waals surface area contributed by atoms with Crippen LogP contribution in [0.3, 0.4) is 0 Å². The third kappa shape index (κ3) is 3.94. The molecule has 1 aromatic heterocycles. The molecule has 3 aromatic rings. The molecule has 4 rings (SSSR count). The number of ether oxygens (including phenoxy) is 1. The van der Waals surface area contributed by atoms with E-state index in [9.17, 15) is 0 Å². The lowest BCUT2D eigenvalue weighted by Gasteiger charge is -2.19. The van der Waals surface area contributed by atoms with E-state index in [-0.39, 0.29) is 0 Å². The van der Waals surface area contributed by atoms with Gasteiger partial charge < -0.3 is 10.1 Å². The van der Waals surface area contributed by atoms with Crippen LogP contribution in [-0.2, 0) is 13.1 Å². The van der Waals surface area contributed by atoms with Crippen molar-refractivity contribution in [1.82, 2.24) is 20.1 Å². The third-order valence-corrected chi connectivity index (χ3v) is 4.83. The Hall–Kier alpha value is -2.66. The Morgan fingerprint density at radius 1 is 1.15 bits per heavy atom. The number of nitrogens with zero attached hydrogens (tertiary/aromatic N) is 3. The molecule has 1 aliphatic heterocycles. The van der Waals surface area contributed by atoms with E-state index in [0.29, 0.717) is 6.04 Å². The number of aryl methyl sites for hydroxylation is 1. The molecule has 1 N–H and O–H groups in total. The van der Waals surface area contributed by atoms with Crippen molar-refractivity contribution in [2.75, 3.05) is 6.61 Å². The van der Waals surface area contributed by atoms with Gasteiger partial charge in [0.05, 0.1) is 13.2 Å². The van der Waals surface area contributed by atoms with Crippen LogP contribution in [0.4, 0.5) is 0 Å². The van der Waals surface area contributed by atoms with Crippen molar-refractivity contribution >= 4 is 0 Å². The van der Waals surface area contributed by atoms with Gasteiger partial charge in [-0.25, -0.2) is 9.67 Å². The lowest BCUT2D eigenvalue weighted by Crippen LogP contribution is -2.20. The third-order valence-electron chi connectivity index (χ3n) is 4.83. The Morgan fingerprint density at radius 3 is 2.81 bits per heavy atom. The average molecular weight is 348 g/mol. The second-order valence-corrected chi connectivity index (χ2v) is 6.88. The molecule has 0 saturated heterocycles. The zero-order valence-electron chi connectivity index (χ0n) is 15.1. The summed E-state index contributed by atoms with van der Waals surface area (Å²) in [5, 5.41) is 7.86. The van der Waals surface area contributed by atoms with E-state index in [4.69, 9.17) is 4.74 Å². The fraction of sp³-hybridized carbons (Fsp3) is 0.333. The first-order valence-electron chi connectivity index (χ1n) is 9.15. The fourth-order valence-electron chi connectivity index (χ4n) is 3.40. The summed E-state index contributed by atoms with van der Waals surface area (Å²) in [6, 6.07) is 15.5. The molecule has 1 unspecified atom stereocenters. The molecule has 2 aromatic carbocycles. The minimum Gasteiger partial charge on any atom is -0.493 e. The summed E-state index contributed by atoms with van der Waals surface area (Å²) in [5.41, 5.74) is 5.03. The van der Waals surface area contributed by atoms with Crippen LogP contribution in [0.1, 0.15) is 41.1 Å². The van der Waals surface area contributed by atoms with Gasteiger partial charge in [-0.1, -0.05) is 36.4 Å². The van der Waals surface area contributed by atoms with Crippen molar-refractivity contribution in [2.45, 2.75) is 38.9 Å². The number of rotatable bonds is 5. The Morgan fingerprint density at radius 2 is 2.00 bits per heavy atom. The van der Waals surface area contributed by atoms with Gasteiger partial charge >= 0.3 is 0 Å². The number of hydrogen-bond acceptors (Lipinski definition) is 4. The molecule has 5 nitrogen and oxygen atoms in total. The Balaban J connectivity index is 1.41. The second-order valence-electron chi connectivity index (χ2n) is 6.88. The molecule has 0 spiro atoms. The smallest absolute Gasteiger partial charge is 0.137 e. The van der Waals surface area contributed by atoms with Crippen molar-refractivity contribution in [3.8, 4) is 5.75 Å². The minimum absolute atomic E-state index is 0.336. The molecule has 0 saturated carbocycles. The van der Waals surface area contributed by atoms with Gasteiger partial charge in [-0.15, -0.1) is 0 Å². The SMILES string of the molecule is Cc1ccc2c(c1)OCCCC2NCc1ccc(Cn2cncn2)cc1. The van der Waals surface area contributed by atoms with E-state index in [2.05, 4.69) is 64.8 Å². The summed E-state index contributed by atoms with van der Waals surface area (Å²) < 4.78 is 7.75. The van der Waals surface area contributed by atoms with Gasteiger partial charge in [-0.2, -0.15) is 5.10 Å². The summed E-state index contributed by atoms with van der Waals surface area (Å²) in [5.74, 6) is 1.03. The summed E-state index contributed by atoms with van der Waals surface area (Å²) >= 11 is 0. The van der Waals surface area contributed by atoms with Crippen LogP contribution in [0.2, 0.25) is 0 Å². The highest BCUT2D eigenvalue weighted by atomic mass is 16.5. The van der Waals surface area contributed by atoms with Crippen LogP contribution in [0.25, 0.3) is 0 Å². The number of hydrogen-bond donors (Lipinski definition) is 1. The maximum absolute atomic E-state index is 5.92. The molecule has 0 bridgehead atoms. The van der Waals surface area contributed by atoms with Crippen molar-refractivity contribution in [3.05, 3.63) is 77.4 Å². The molecule has 134 valence electrons. The molecule has 0 radical (unpaired) electrons. The van der Waals surface area contributed by atoms with Crippen molar-refractivity contribution < 1.29 is 4.74 Å². The van der Waals surface area contributed by atoms with E-state index >= 15 is 0 Å². The van der Waals surface area contributed by atoms with Crippen LogP contribution in [0.15, 0.2) is 55.1 Å². The number of aromatic nitrogens is 3. The zero-order valence-corrected chi connectivity index (χ0v) is 15.1. The van der Waals surface area contributed by atoms with Crippen LogP contribution in [0.5, 0.6) is 5.75 Å². The normalized spacial score (nSPS) is 16.6. The molecule has 0 amide bonds. The van der Waals surface area contributed by atoms with Gasteiger partial charge in [0.1, 0.15) is 18.4 Å². The van der Waals surface area contributed by atoms with E-state index in [1.807, 2.05) is 4.68 Å².